The first-order chi connectivity index (χ1) is 17.5. The zero-order chi connectivity index (χ0) is 25.2. The van der Waals surface area contributed by atoms with E-state index in [1.54, 1.807) is 10.6 Å². The Morgan fingerprint density at radius 3 is 2.47 bits per heavy atom. The van der Waals surface area contributed by atoms with Crippen molar-refractivity contribution < 1.29 is 4.79 Å². The van der Waals surface area contributed by atoms with Crippen LogP contribution in [0.3, 0.4) is 0 Å². The van der Waals surface area contributed by atoms with Crippen LogP contribution in [0.4, 0.5) is 0 Å². The summed E-state index contributed by atoms with van der Waals surface area (Å²) in [5, 5.41) is 12.9. The summed E-state index contributed by atoms with van der Waals surface area (Å²) >= 11 is 1.30. The molecule has 7 nitrogen and oxygen atoms in total. The Morgan fingerprint density at radius 1 is 1.00 bits per heavy atom. The molecule has 182 valence electrons. The maximum absolute atomic E-state index is 13.5. The van der Waals surface area contributed by atoms with Crippen LogP contribution in [-0.4, -0.2) is 30.8 Å². The van der Waals surface area contributed by atoms with Crippen LogP contribution in [0.5, 0.6) is 0 Å². The third-order valence-corrected chi connectivity index (χ3v) is 7.28. The molecule has 0 aliphatic carbocycles. The zero-order valence-electron chi connectivity index (χ0n) is 20.4. The number of hydrogen-bond donors (Lipinski definition) is 1. The van der Waals surface area contributed by atoms with Gasteiger partial charge in [0, 0.05) is 0 Å². The van der Waals surface area contributed by atoms with Crippen molar-refractivity contribution in [2.75, 3.05) is 5.75 Å². The number of rotatable bonds is 7. The molecule has 2 heterocycles. The van der Waals surface area contributed by atoms with E-state index in [1.165, 1.54) is 17.3 Å². The number of aromatic nitrogens is 4. The van der Waals surface area contributed by atoms with Gasteiger partial charge in [-0.15, -0.1) is 10.2 Å². The number of thioether (sulfide) groups is 1. The average molecular weight is 498 g/mol. The topological polar surface area (TPSA) is 81.3 Å². The predicted octanol–water partition coefficient (Wildman–Crippen LogP) is 4.87. The maximum atomic E-state index is 13.5. The highest BCUT2D eigenvalue weighted by atomic mass is 32.2. The molecular weight excluding hydrogens is 470 g/mol. The van der Waals surface area contributed by atoms with Gasteiger partial charge in [-0.05, 0) is 55.2 Å². The molecule has 5 aromatic rings. The molecule has 8 heteroatoms. The smallest absolute Gasteiger partial charge is 0.267 e. The summed E-state index contributed by atoms with van der Waals surface area (Å²) in [6.45, 7) is 6.06. The number of hydrogen-bond acceptors (Lipinski definition) is 5. The number of carbonyl (C=O) groups excluding carboxylic acids is 1. The van der Waals surface area contributed by atoms with Gasteiger partial charge in [0.1, 0.15) is 0 Å². The predicted molar refractivity (Wildman–Crippen MR) is 144 cm³/mol. The summed E-state index contributed by atoms with van der Waals surface area (Å²) < 4.78 is 3.45. The minimum absolute atomic E-state index is 0.0969. The quantitative estimate of drug-likeness (QED) is 0.324. The summed E-state index contributed by atoms with van der Waals surface area (Å²) in [6.07, 6.45) is 0.982. The number of benzene rings is 3. The molecule has 2 aromatic heterocycles. The first-order valence-electron chi connectivity index (χ1n) is 11.9. The van der Waals surface area contributed by atoms with Gasteiger partial charge in [0.05, 0.1) is 28.4 Å². The fourth-order valence-electron chi connectivity index (χ4n) is 4.34. The van der Waals surface area contributed by atoms with Gasteiger partial charge < -0.3 is 5.32 Å². The number of nitrogens with zero attached hydrogens (tertiary/aromatic N) is 4. The van der Waals surface area contributed by atoms with E-state index < -0.39 is 0 Å². The van der Waals surface area contributed by atoms with Crippen molar-refractivity contribution in [1.82, 2.24) is 24.5 Å². The van der Waals surface area contributed by atoms with Crippen molar-refractivity contribution in [2.45, 2.75) is 38.4 Å². The molecule has 36 heavy (non-hydrogen) atoms. The van der Waals surface area contributed by atoms with Gasteiger partial charge in [0.15, 0.2) is 5.16 Å². The Bertz CT molecular complexity index is 1620. The summed E-state index contributed by atoms with van der Waals surface area (Å²) in [4.78, 5) is 26.3. The lowest BCUT2D eigenvalue weighted by Gasteiger charge is -2.15. The minimum Gasteiger partial charge on any atom is -0.349 e. The second-order valence-electron chi connectivity index (χ2n) is 8.74. The molecule has 0 saturated carbocycles. The van der Waals surface area contributed by atoms with Crippen molar-refractivity contribution in [3.8, 4) is 5.69 Å². The maximum Gasteiger partial charge on any atom is 0.267 e. The monoisotopic (exact) mass is 497 g/mol. The van der Waals surface area contributed by atoms with E-state index in [-0.39, 0.29) is 23.3 Å². The van der Waals surface area contributed by atoms with Gasteiger partial charge in [-0.1, -0.05) is 73.3 Å². The van der Waals surface area contributed by atoms with E-state index >= 15 is 0 Å². The average Bonchev–Trinajstić information content (AvgIpc) is 3.32. The fourth-order valence-corrected chi connectivity index (χ4v) is 5.09. The standard InChI is InChI=1S/C28H27N5O2S/c1-4-20-13-15-21(16-14-20)19(3)29-25(34)17-36-28-31-30-27-32(23-11-7-5-9-18(23)2)26(35)22-10-6-8-12-24(22)33(27)28/h5-16,19H,4,17H2,1-3H3,(H,29,34). The summed E-state index contributed by atoms with van der Waals surface area (Å²) in [5.41, 5.74) is 4.59. The van der Waals surface area contributed by atoms with Crippen LogP contribution < -0.4 is 10.9 Å². The highest BCUT2D eigenvalue weighted by Gasteiger charge is 2.19. The van der Waals surface area contributed by atoms with E-state index in [4.69, 9.17) is 0 Å². The SMILES string of the molecule is CCc1ccc(C(C)NC(=O)CSc2nnc3n(-c4ccccc4C)c(=O)c4ccccc4n23)cc1. The van der Waals surface area contributed by atoms with Crippen molar-refractivity contribution in [3.63, 3.8) is 0 Å². The Balaban J connectivity index is 1.46. The van der Waals surface area contributed by atoms with Crippen LogP contribution in [-0.2, 0) is 11.2 Å². The molecule has 1 N–H and O–H groups in total. The van der Waals surface area contributed by atoms with Crippen LogP contribution in [0.1, 0.15) is 36.6 Å². The van der Waals surface area contributed by atoms with Crippen molar-refractivity contribution in [2.24, 2.45) is 0 Å². The van der Waals surface area contributed by atoms with Crippen LogP contribution in [0.25, 0.3) is 22.4 Å². The minimum atomic E-state index is -0.156. The molecule has 1 atom stereocenters. The number of para-hydroxylation sites is 2. The van der Waals surface area contributed by atoms with Gasteiger partial charge in [-0.25, -0.2) is 4.57 Å². The molecule has 5 rings (SSSR count). The Hall–Kier alpha value is -3.91. The van der Waals surface area contributed by atoms with Crippen molar-refractivity contribution in [1.29, 1.82) is 0 Å². The Morgan fingerprint density at radius 2 is 1.72 bits per heavy atom. The normalized spacial score (nSPS) is 12.2. The van der Waals surface area contributed by atoms with E-state index in [9.17, 15) is 9.59 Å². The molecule has 1 unspecified atom stereocenters. The lowest BCUT2D eigenvalue weighted by atomic mass is 10.1. The Kier molecular flexibility index (Phi) is 6.61. The number of fused-ring (bicyclic) bond motifs is 3. The number of carbonyl (C=O) groups is 1. The molecule has 3 aromatic carbocycles. The molecule has 0 fully saturated rings. The third-order valence-electron chi connectivity index (χ3n) is 6.35. The van der Waals surface area contributed by atoms with Crippen molar-refractivity contribution >= 4 is 34.3 Å². The lowest BCUT2D eigenvalue weighted by molar-refractivity contribution is -0.119. The largest absolute Gasteiger partial charge is 0.349 e. The molecule has 0 saturated heterocycles. The summed E-state index contributed by atoms with van der Waals surface area (Å²) in [5.74, 6) is 0.497. The van der Waals surface area contributed by atoms with Crippen LogP contribution in [0.15, 0.2) is 82.7 Å². The summed E-state index contributed by atoms with van der Waals surface area (Å²) in [7, 11) is 0. The molecular formula is C28H27N5O2S. The van der Waals surface area contributed by atoms with E-state index in [0.717, 1.165) is 23.2 Å². The van der Waals surface area contributed by atoms with E-state index in [1.807, 2.05) is 60.7 Å². The van der Waals surface area contributed by atoms with Crippen molar-refractivity contribution in [3.05, 3.63) is 99.8 Å². The second-order valence-corrected chi connectivity index (χ2v) is 9.68. The van der Waals surface area contributed by atoms with E-state index in [2.05, 4.69) is 46.7 Å². The van der Waals surface area contributed by atoms with E-state index in [0.29, 0.717) is 21.8 Å². The molecule has 0 aliphatic heterocycles. The van der Waals surface area contributed by atoms with Gasteiger partial charge >= 0.3 is 0 Å². The highest BCUT2D eigenvalue weighted by molar-refractivity contribution is 7.99. The molecule has 0 bridgehead atoms. The van der Waals surface area contributed by atoms with Gasteiger partial charge in [-0.3, -0.25) is 14.0 Å². The molecule has 0 spiro atoms. The van der Waals surface area contributed by atoms with Crippen LogP contribution in [0.2, 0.25) is 0 Å². The second kappa shape index (κ2) is 9.99. The third kappa shape index (κ3) is 4.40. The number of amides is 1. The molecule has 0 radical (unpaired) electrons. The van der Waals surface area contributed by atoms with Crippen LogP contribution in [0, 0.1) is 6.92 Å². The highest BCUT2D eigenvalue weighted by Crippen LogP contribution is 2.24. The number of aryl methyl sites for hydroxylation is 2. The molecule has 0 aliphatic rings. The van der Waals surface area contributed by atoms with Gasteiger partial charge in [0.2, 0.25) is 11.7 Å². The van der Waals surface area contributed by atoms with Crippen LogP contribution >= 0.6 is 11.8 Å². The summed E-state index contributed by atoms with van der Waals surface area (Å²) in [6, 6.07) is 23.3. The molecule has 1 amide bonds. The first-order valence-corrected chi connectivity index (χ1v) is 12.9. The first kappa shape index (κ1) is 23.8. The zero-order valence-corrected chi connectivity index (χ0v) is 21.2. The number of nitrogens with one attached hydrogen (secondary N) is 1. The lowest BCUT2D eigenvalue weighted by Crippen LogP contribution is -2.28. The van der Waals surface area contributed by atoms with Gasteiger partial charge in [0.25, 0.3) is 5.56 Å². The van der Waals surface area contributed by atoms with Gasteiger partial charge in [-0.2, -0.15) is 0 Å². The Labute approximate surface area is 213 Å². The fraction of sp³-hybridized carbons (Fsp3) is 0.214.